The molecule has 1 rings (SSSR count). The number of rotatable bonds is 7. The van der Waals surface area contributed by atoms with Gasteiger partial charge in [0, 0.05) is 10.5 Å². The van der Waals surface area contributed by atoms with Crippen molar-refractivity contribution in [3.63, 3.8) is 0 Å². The smallest absolute Gasteiger partial charge is 0.307 e. The van der Waals surface area contributed by atoms with E-state index >= 15 is 0 Å². The highest BCUT2D eigenvalue weighted by Gasteiger charge is 2.22. The predicted molar refractivity (Wildman–Crippen MR) is 85.8 cm³/mol. The second-order valence-electron chi connectivity index (χ2n) is 4.75. The summed E-state index contributed by atoms with van der Waals surface area (Å²) in [7, 11) is 0. The Morgan fingerprint density at radius 1 is 1.30 bits per heavy atom. The normalized spacial score (nSPS) is 12.5. The number of esters is 1. The molecule has 0 aliphatic carbocycles. The minimum Gasteiger partial charge on any atom is -0.466 e. The number of nitrogens with zero attached hydrogens (tertiary/aromatic N) is 1. The zero-order valence-electron chi connectivity index (χ0n) is 12.8. The monoisotopic (exact) mass is 341 g/mol. The van der Waals surface area contributed by atoms with Crippen molar-refractivity contribution in [3.8, 4) is 0 Å². The summed E-state index contributed by atoms with van der Waals surface area (Å²) in [5.74, 6) is -0.134. The van der Waals surface area contributed by atoms with Crippen LogP contribution in [-0.4, -0.2) is 30.6 Å². The molecule has 0 bridgehead atoms. The number of benzene rings is 1. The van der Waals surface area contributed by atoms with Gasteiger partial charge in [-0.3, -0.25) is 9.69 Å². The first kappa shape index (κ1) is 17.2. The molecule has 0 radical (unpaired) electrons. The standard InChI is InChI=1S/C16H24BrNO2/c1-5-18(6-2)15(11-16(19)20-7-3)13-8-9-14(17)12(4)10-13/h8-10,15H,5-7,11H2,1-4H3. The van der Waals surface area contributed by atoms with Gasteiger partial charge in [0.1, 0.15) is 0 Å². The second kappa shape index (κ2) is 8.42. The topological polar surface area (TPSA) is 29.5 Å². The summed E-state index contributed by atoms with van der Waals surface area (Å²) in [6.45, 7) is 10.4. The van der Waals surface area contributed by atoms with E-state index in [2.05, 4.69) is 53.7 Å². The van der Waals surface area contributed by atoms with Crippen molar-refractivity contribution in [1.82, 2.24) is 4.90 Å². The highest BCUT2D eigenvalue weighted by molar-refractivity contribution is 9.10. The van der Waals surface area contributed by atoms with Crippen LogP contribution >= 0.6 is 15.9 Å². The summed E-state index contributed by atoms with van der Waals surface area (Å²) in [5, 5.41) is 0. The third-order valence-electron chi connectivity index (χ3n) is 3.49. The summed E-state index contributed by atoms with van der Waals surface area (Å²) >= 11 is 3.52. The molecule has 0 saturated heterocycles. The Balaban J connectivity index is 3.02. The lowest BCUT2D eigenvalue weighted by molar-refractivity contribution is -0.144. The van der Waals surface area contributed by atoms with Crippen molar-refractivity contribution in [2.75, 3.05) is 19.7 Å². The van der Waals surface area contributed by atoms with Crippen molar-refractivity contribution in [3.05, 3.63) is 33.8 Å². The third-order valence-corrected chi connectivity index (χ3v) is 4.38. The van der Waals surface area contributed by atoms with Gasteiger partial charge < -0.3 is 4.74 Å². The van der Waals surface area contributed by atoms with Crippen LogP contribution < -0.4 is 0 Å². The molecule has 0 aliphatic rings. The Morgan fingerprint density at radius 3 is 2.45 bits per heavy atom. The maximum absolute atomic E-state index is 11.9. The van der Waals surface area contributed by atoms with Gasteiger partial charge in [-0.05, 0) is 44.1 Å². The molecule has 112 valence electrons. The van der Waals surface area contributed by atoms with Gasteiger partial charge in [0.2, 0.25) is 0 Å². The van der Waals surface area contributed by atoms with Gasteiger partial charge in [0.25, 0.3) is 0 Å². The van der Waals surface area contributed by atoms with Crippen LogP contribution in [0.5, 0.6) is 0 Å². The fourth-order valence-electron chi connectivity index (χ4n) is 2.38. The minimum absolute atomic E-state index is 0.0795. The van der Waals surface area contributed by atoms with Crippen LogP contribution in [0.4, 0.5) is 0 Å². The average molecular weight is 342 g/mol. The maximum Gasteiger partial charge on any atom is 0.307 e. The van der Waals surface area contributed by atoms with E-state index in [1.165, 1.54) is 11.1 Å². The van der Waals surface area contributed by atoms with Gasteiger partial charge in [-0.2, -0.15) is 0 Å². The number of carbonyl (C=O) groups is 1. The average Bonchev–Trinajstić information content (AvgIpc) is 2.42. The molecule has 1 aromatic rings. The highest BCUT2D eigenvalue weighted by Crippen LogP contribution is 2.28. The molecule has 20 heavy (non-hydrogen) atoms. The number of ether oxygens (including phenoxy) is 1. The van der Waals surface area contributed by atoms with Crippen molar-refractivity contribution >= 4 is 21.9 Å². The fraction of sp³-hybridized carbons (Fsp3) is 0.562. The van der Waals surface area contributed by atoms with E-state index in [4.69, 9.17) is 4.74 Å². The zero-order chi connectivity index (χ0) is 15.1. The van der Waals surface area contributed by atoms with E-state index in [0.29, 0.717) is 13.0 Å². The van der Waals surface area contributed by atoms with Crippen molar-refractivity contribution in [2.24, 2.45) is 0 Å². The Labute approximate surface area is 130 Å². The SMILES string of the molecule is CCOC(=O)CC(c1ccc(Br)c(C)c1)N(CC)CC. The number of carbonyl (C=O) groups excluding carboxylic acids is 1. The molecule has 0 fully saturated rings. The first-order chi connectivity index (χ1) is 9.53. The van der Waals surface area contributed by atoms with Crippen molar-refractivity contribution < 1.29 is 9.53 Å². The highest BCUT2D eigenvalue weighted by atomic mass is 79.9. The summed E-state index contributed by atoms with van der Waals surface area (Å²) in [4.78, 5) is 14.1. The first-order valence-electron chi connectivity index (χ1n) is 7.19. The molecule has 1 atom stereocenters. The Morgan fingerprint density at radius 2 is 1.95 bits per heavy atom. The van der Waals surface area contributed by atoms with E-state index in [1.807, 2.05) is 13.0 Å². The second-order valence-corrected chi connectivity index (χ2v) is 5.61. The molecule has 4 heteroatoms. The largest absolute Gasteiger partial charge is 0.466 e. The van der Waals surface area contributed by atoms with Crippen molar-refractivity contribution in [2.45, 2.75) is 40.2 Å². The van der Waals surface area contributed by atoms with Gasteiger partial charge in [-0.1, -0.05) is 41.9 Å². The van der Waals surface area contributed by atoms with Gasteiger partial charge in [0.05, 0.1) is 13.0 Å². The van der Waals surface area contributed by atoms with Crippen LogP contribution in [0.25, 0.3) is 0 Å². The van der Waals surface area contributed by atoms with Crippen LogP contribution in [0.2, 0.25) is 0 Å². The van der Waals surface area contributed by atoms with Crippen LogP contribution in [0, 0.1) is 6.92 Å². The molecule has 0 aromatic heterocycles. The van der Waals surface area contributed by atoms with Crippen molar-refractivity contribution in [1.29, 1.82) is 0 Å². The summed E-state index contributed by atoms with van der Waals surface area (Å²) in [5.41, 5.74) is 2.35. The lowest BCUT2D eigenvalue weighted by Gasteiger charge is -2.29. The van der Waals surface area contributed by atoms with Crippen LogP contribution in [0.3, 0.4) is 0 Å². The number of hydrogen-bond donors (Lipinski definition) is 0. The van der Waals surface area contributed by atoms with Gasteiger partial charge in [0.15, 0.2) is 0 Å². The quantitative estimate of drug-likeness (QED) is 0.699. The zero-order valence-corrected chi connectivity index (χ0v) is 14.4. The van der Waals surface area contributed by atoms with Crippen LogP contribution in [0.1, 0.15) is 44.4 Å². The van der Waals surface area contributed by atoms with E-state index in [0.717, 1.165) is 17.6 Å². The fourth-order valence-corrected chi connectivity index (χ4v) is 2.62. The molecule has 0 saturated carbocycles. The van der Waals surface area contributed by atoms with E-state index in [1.54, 1.807) is 0 Å². The third kappa shape index (κ3) is 4.60. The van der Waals surface area contributed by atoms with E-state index in [-0.39, 0.29) is 12.0 Å². The maximum atomic E-state index is 11.9. The predicted octanol–water partition coefficient (Wildman–Crippen LogP) is 4.09. The lowest BCUT2D eigenvalue weighted by Crippen LogP contribution is -2.30. The molecule has 0 aliphatic heterocycles. The molecule has 1 aromatic carbocycles. The Kier molecular flexibility index (Phi) is 7.24. The minimum atomic E-state index is -0.134. The lowest BCUT2D eigenvalue weighted by atomic mass is 10.00. The molecule has 0 N–H and O–H groups in total. The molecule has 1 unspecified atom stereocenters. The molecular formula is C16H24BrNO2. The Bertz CT molecular complexity index is 444. The van der Waals surface area contributed by atoms with Gasteiger partial charge >= 0.3 is 5.97 Å². The van der Waals surface area contributed by atoms with Crippen LogP contribution in [-0.2, 0) is 9.53 Å². The molecular weight excluding hydrogens is 318 g/mol. The number of aryl methyl sites for hydroxylation is 1. The summed E-state index contributed by atoms with van der Waals surface area (Å²) < 4.78 is 6.21. The molecule has 3 nitrogen and oxygen atoms in total. The number of halogens is 1. The summed E-state index contributed by atoms with van der Waals surface area (Å²) in [6, 6.07) is 6.36. The van der Waals surface area contributed by atoms with E-state index in [9.17, 15) is 4.79 Å². The Hall–Kier alpha value is -0.870. The van der Waals surface area contributed by atoms with Gasteiger partial charge in [-0.25, -0.2) is 0 Å². The summed E-state index contributed by atoms with van der Waals surface area (Å²) in [6.07, 6.45) is 0.399. The van der Waals surface area contributed by atoms with E-state index < -0.39 is 0 Å². The van der Waals surface area contributed by atoms with Crippen LogP contribution in [0.15, 0.2) is 22.7 Å². The molecule has 0 heterocycles. The van der Waals surface area contributed by atoms with Gasteiger partial charge in [-0.15, -0.1) is 0 Å². The molecule has 0 amide bonds. The molecule has 0 spiro atoms. The first-order valence-corrected chi connectivity index (χ1v) is 7.98. The number of hydrogen-bond acceptors (Lipinski definition) is 3.